The van der Waals surface area contributed by atoms with Gasteiger partial charge in [-0.1, -0.05) is 49.7 Å². The highest BCUT2D eigenvalue weighted by Gasteiger charge is 2.16. The molecule has 0 saturated heterocycles. The van der Waals surface area contributed by atoms with Crippen molar-refractivity contribution in [1.82, 2.24) is 0 Å². The molecule has 0 amide bonds. The van der Waals surface area contributed by atoms with Gasteiger partial charge in [-0.2, -0.15) is 0 Å². The van der Waals surface area contributed by atoms with E-state index in [9.17, 15) is 9.32 Å². The average molecular weight is 302 g/mol. The molecule has 0 saturated carbocycles. The second kappa shape index (κ2) is 7.01. The molecule has 0 aliphatic rings. The molecule has 0 bridgehead atoms. The van der Waals surface area contributed by atoms with Crippen LogP contribution in [0.1, 0.15) is 25.0 Å². The lowest BCUT2D eigenvalue weighted by molar-refractivity contribution is 0.125. The molecule has 2 aromatic rings. The first-order valence-electron chi connectivity index (χ1n) is 7.23. The summed E-state index contributed by atoms with van der Waals surface area (Å²) in [4.78, 5) is 1.59. The molecule has 0 unspecified atom stereocenters. The fourth-order valence-electron chi connectivity index (χ4n) is 2.10. The van der Waals surface area contributed by atoms with Crippen LogP contribution in [0, 0.1) is 12.8 Å². The average Bonchev–Trinajstić information content (AvgIpc) is 2.47. The van der Waals surface area contributed by atoms with E-state index in [1.165, 1.54) is 0 Å². The number of hydrogen-bond acceptors (Lipinski definition) is 2. The Morgan fingerprint density at radius 2 is 1.67 bits per heavy atom. The van der Waals surface area contributed by atoms with Crippen molar-refractivity contribution in [3.8, 4) is 0 Å². The summed E-state index contributed by atoms with van der Waals surface area (Å²) in [5, 5.41) is 10.1. The van der Waals surface area contributed by atoms with Gasteiger partial charge in [0, 0.05) is 9.79 Å². The minimum atomic E-state index is -1.21. The molecule has 2 nitrogen and oxygen atoms in total. The van der Waals surface area contributed by atoms with E-state index in [4.69, 9.17) is 0 Å². The second-order valence-electron chi connectivity index (χ2n) is 5.70. The highest BCUT2D eigenvalue weighted by Crippen LogP contribution is 2.23. The maximum atomic E-state index is 12.8. The van der Waals surface area contributed by atoms with Gasteiger partial charge in [0.05, 0.1) is 16.9 Å². The number of aliphatic hydroxyl groups excluding tert-OH is 1. The van der Waals surface area contributed by atoms with Crippen molar-refractivity contribution in [2.24, 2.45) is 5.92 Å². The molecule has 2 aromatic carbocycles. The lowest BCUT2D eigenvalue weighted by Gasteiger charge is -2.16. The van der Waals surface area contributed by atoms with E-state index in [0.29, 0.717) is 6.42 Å². The number of benzene rings is 2. The molecular formula is C18H22O2S. The Labute approximate surface area is 129 Å². The summed E-state index contributed by atoms with van der Waals surface area (Å²) >= 11 is 0. The number of hydrogen-bond donors (Lipinski definition) is 1. The summed E-state index contributed by atoms with van der Waals surface area (Å²) in [6.07, 6.45) is 0.118. The molecule has 2 atom stereocenters. The fourth-order valence-corrected chi connectivity index (χ4v) is 3.33. The lowest BCUT2D eigenvalue weighted by Crippen LogP contribution is -2.18. The van der Waals surface area contributed by atoms with Crippen LogP contribution in [0.3, 0.4) is 0 Å². The normalized spacial score (nSPS) is 14.1. The van der Waals surface area contributed by atoms with Crippen molar-refractivity contribution in [3.05, 3.63) is 59.7 Å². The van der Waals surface area contributed by atoms with Gasteiger partial charge in [-0.25, -0.2) is 4.21 Å². The Bertz CT molecular complexity index is 617. The Morgan fingerprint density at radius 3 is 2.29 bits per heavy atom. The zero-order chi connectivity index (χ0) is 15.4. The van der Waals surface area contributed by atoms with Gasteiger partial charge in [0.25, 0.3) is 0 Å². The summed E-state index contributed by atoms with van der Waals surface area (Å²) < 4.78 is 12.8. The lowest BCUT2D eigenvalue weighted by atomic mass is 9.99. The first-order chi connectivity index (χ1) is 9.99. The van der Waals surface area contributed by atoms with Gasteiger partial charge in [-0.05, 0) is 43.0 Å². The van der Waals surface area contributed by atoms with Gasteiger partial charge in [0.2, 0.25) is 0 Å². The predicted octanol–water partition coefficient (Wildman–Crippen LogP) is 3.72. The van der Waals surface area contributed by atoms with E-state index in [-0.39, 0.29) is 5.92 Å². The molecule has 0 spiro atoms. The van der Waals surface area contributed by atoms with Crippen LogP contribution in [0.5, 0.6) is 0 Å². The summed E-state index contributed by atoms with van der Waals surface area (Å²) in [7, 11) is -1.21. The second-order valence-corrected chi connectivity index (χ2v) is 7.15. The molecule has 0 aliphatic heterocycles. The topological polar surface area (TPSA) is 37.3 Å². The largest absolute Gasteiger partial charge is 0.393 e. The van der Waals surface area contributed by atoms with E-state index in [0.717, 1.165) is 20.9 Å². The van der Waals surface area contributed by atoms with Gasteiger partial charge >= 0.3 is 0 Å². The third-order valence-electron chi connectivity index (χ3n) is 3.61. The summed E-state index contributed by atoms with van der Waals surface area (Å²) in [5.41, 5.74) is 2.11. The maximum absolute atomic E-state index is 12.8. The zero-order valence-corrected chi connectivity index (χ0v) is 13.6. The first kappa shape index (κ1) is 15.9. The third kappa shape index (κ3) is 4.02. The highest BCUT2D eigenvalue weighted by atomic mass is 32.2. The van der Waals surface area contributed by atoms with Crippen molar-refractivity contribution in [2.75, 3.05) is 0 Å². The SMILES string of the molecule is Cc1ccc([S@](=O)c2ccccc2C[C@@H](O)C(C)C)cc1. The van der Waals surface area contributed by atoms with Crippen LogP contribution in [0.15, 0.2) is 58.3 Å². The summed E-state index contributed by atoms with van der Waals surface area (Å²) in [5.74, 6) is 0.186. The molecule has 0 heterocycles. The van der Waals surface area contributed by atoms with Crippen molar-refractivity contribution >= 4 is 10.8 Å². The predicted molar refractivity (Wildman–Crippen MR) is 86.8 cm³/mol. The van der Waals surface area contributed by atoms with Crippen LogP contribution in [0.4, 0.5) is 0 Å². The molecule has 0 radical (unpaired) electrons. The van der Waals surface area contributed by atoms with Crippen LogP contribution >= 0.6 is 0 Å². The molecule has 112 valence electrons. The monoisotopic (exact) mass is 302 g/mol. The van der Waals surface area contributed by atoms with E-state index in [2.05, 4.69) is 0 Å². The zero-order valence-electron chi connectivity index (χ0n) is 12.7. The summed E-state index contributed by atoms with van der Waals surface area (Å²) in [6, 6.07) is 15.4. The standard InChI is InChI=1S/C18H22O2S/c1-13(2)17(19)12-15-6-4-5-7-18(15)21(20)16-10-8-14(3)9-11-16/h4-11,13,17,19H,12H2,1-3H3/t17-,21+/m1/s1. The number of aliphatic hydroxyl groups is 1. The number of aryl methyl sites for hydroxylation is 1. The van der Waals surface area contributed by atoms with Crippen LogP contribution in [0.25, 0.3) is 0 Å². The molecule has 0 aromatic heterocycles. The van der Waals surface area contributed by atoms with E-state index < -0.39 is 16.9 Å². The van der Waals surface area contributed by atoms with Crippen LogP contribution in [-0.4, -0.2) is 15.4 Å². The van der Waals surface area contributed by atoms with E-state index in [1.807, 2.05) is 69.3 Å². The van der Waals surface area contributed by atoms with E-state index in [1.54, 1.807) is 0 Å². The molecule has 1 N–H and O–H groups in total. The smallest absolute Gasteiger partial charge is 0.0852 e. The van der Waals surface area contributed by atoms with Crippen molar-refractivity contribution in [2.45, 2.75) is 43.1 Å². The molecular weight excluding hydrogens is 280 g/mol. The van der Waals surface area contributed by atoms with Crippen molar-refractivity contribution in [3.63, 3.8) is 0 Å². The minimum Gasteiger partial charge on any atom is -0.393 e. The molecule has 0 aliphatic carbocycles. The quantitative estimate of drug-likeness (QED) is 0.914. The van der Waals surface area contributed by atoms with Gasteiger partial charge in [-0.3, -0.25) is 0 Å². The van der Waals surface area contributed by atoms with Gasteiger partial charge < -0.3 is 5.11 Å². The Hall–Kier alpha value is -1.45. The van der Waals surface area contributed by atoms with Crippen molar-refractivity contribution < 1.29 is 9.32 Å². The highest BCUT2D eigenvalue weighted by molar-refractivity contribution is 7.85. The van der Waals surface area contributed by atoms with Crippen molar-refractivity contribution in [1.29, 1.82) is 0 Å². The Kier molecular flexibility index (Phi) is 5.32. The van der Waals surface area contributed by atoms with Crippen LogP contribution < -0.4 is 0 Å². The third-order valence-corrected chi connectivity index (χ3v) is 5.10. The fraction of sp³-hybridized carbons (Fsp3) is 0.333. The number of rotatable bonds is 5. The van der Waals surface area contributed by atoms with Gasteiger partial charge in [0.15, 0.2) is 0 Å². The Morgan fingerprint density at radius 1 is 1.05 bits per heavy atom. The molecule has 0 fully saturated rings. The molecule has 3 heteroatoms. The molecule has 21 heavy (non-hydrogen) atoms. The Balaban J connectivity index is 2.31. The van der Waals surface area contributed by atoms with Crippen LogP contribution in [-0.2, 0) is 17.2 Å². The van der Waals surface area contributed by atoms with Gasteiger partial charge in [-0.15, -0.1) is 0 Å². The first-order valence-corrected chi connectivity index (χ1v) is 8.38. The summed E-state index contributed by atoms with van der Waals surface area (Å²) in [6.45, 7) is 5.99. The van der Waals surface area contributed by atoms with E-state index >= 15 is 0 Å². The molecule has 2 rings (SSSR count). The van der Waals surface area contributed by atoms with Gasteiger partial charge in [0.1, 0.15) is 0 Å². The minimum absolute atomic E-state index is 0.186. The maximum Gasteiger partial charge on any atom is 0.0852 e. The van der Waals surface area contributed by atoms with Crippen LogP contribution in [0.2, 0.25) is 0 Å².